The molecule has 3 aromatic carbocycles. The van der Waals surface area contributed by atoms with E-state index in [0.29, 0.717) is 55.4 Å². The second-order valence-corrected chi connectivity index (χ2v) is 8.85. The maximum Gasteiger partial charge on any atom is 0.257 e. The van der Waals surface area contributed by atoms with E-state index in [1.54, 1.807) is 23.1 Å². The van der Waals surface area contributed by atoms with Gasteiger partial charge in [0.2, 0.25) is 5.91 Å². The van der Waals surface area contributed by atoms with Gasteiger partial charge < -0.3 is 19.7 Å². The number of halogens is 1. The van der Waals surface area contributed by atoms with Gasteiger partial charge in [-0.25, -0.2) is 0 Å². The van der Waals surface area contributed by atoms with Gasteiger partial charge in [-0.15, -0.1) is 0 Å². The zero-order valence-electron chi connectivity index (χ0n) is 19.7. The number of ether oxygens (including phenoxy) is 2. The van der Waals surface area contributed by atoms with Crippen LogP contribution in [-0.2, 0) is 4.79 Å². The highest BCUT2D eigenvalue weighted by Crippen LogP contribution is 2.29. The van der Waals surface area contributed by atoms with E-state index in [1.807, 2.05) is 54.6 Å². The topological polar surface area (TPSA) is 67.9 Å². The number of carbonyl (C=O) groups is 2. The molecular weight excluding hydrogens is 464 g/mol. The summed E-state index contributed by atoms with van der Waals surface area (Å²) in [6.07, 6.45) is 1.22. The Morgan fingerprint density at radius 2 is 1.69 bits per heavy atom. The summed E-state index contributed by atoms with van der Waals surface area (Å²) in [5.74, 6) is 1.02. The third kappa shape index (κ3) is 6.14. The molecule has 1 N–H and O–H groups in total. The lowest BCUT2D eigenvalue weighted by atomic mass is 9.95. The number of benzene rings is 3. The van der Waals surface area contributed by atoms with Gasteiger partial charge in [-0.2, -0.15) is 0 Å². The third-order valence-corrected chi connectivity index (χ3v) is 6.41. The SMILES string of the molecule is COc1ccc(Cl)cc1C(=O)N1CCC(C(=O)NCCOc2ccccc2-c2ccccc2)CC1. The quantitative estimate of drug-likeness (QED) is 0.446. The minimum absolute atomic E-state index is 0.00243. The van der Waals surface area contributed by atoms with Gasteiger partial charge in [0.1, 0.15) is 18.1 Å². The van der Waals surface area contributed by atoms with Crippen LogP contribution in [0.5, 0.6) is 11.5 Å². The van der Waals surface area contributed by atoms with Gasteiger partial charge in [0.15, 0.2) is 0 Å². The van der Waals surface area contributed by atoms with Gasteiger partial charge in [-0.3, -0.25) is 9.59 Å². The van der Waals surface area contributed by atoms with E-state index in [-0.39, 0.29) is 17.7 Å². The molecule has 2 amide bonds. The van der Waals surface area contributed by atoms with Crippen LogP contribution in [0.3, 0.4) is 0 Å². The average molecular weight is 493 g/mol. The van der Waals surface area contributed by atoms with Crippen LogP contribution in [0, 0.1) is 5.92 Å². The third-order valence-electron chi connectivity index (χ3n) is 6.18. The zero-order valence-corrected chi connectivity index (χ0v) is 20.5. The highest BCUT2D eigenvalue weighted by Gasteiger charge is 2.29. The Hall–Kier alpha value is -3.51. The van der Waals surface area contributed by atoms with Crippen molar-refractivity contribution in [2.75, 3.05) is 33.4 Å². The van der Waals surface area contributed by atoms with Crippen molar-refractivity contribution < 1.29 is 19.1 Å². The number of methoxy groups -OCH3 is 1. The van der Waals surface area contributed by atoms with Crippen LogP contribution in [0.25, 0.3) is 11.1 Å². The number of hydrogen-bond donors (Lipinski definition) is 1. The van der Waals surface area contributed by atoms with Crippen molar-refractivity contribution in [3.63, 3.8) is 0 Å². The molecule has 182 valence electrons. The van der Waals surface area contributed by atoms with E-state index >= 15 is 0 Å². The summed E-state index contributed by atoms with van der Waals surface area (Å²) in [5, 5.41) is 3.46. The van der Waals surface area contributed by atoms with E-state index < -0.39 is 0 Å². The highest BCUT2D eigenvalue weighted by molar-refractivity contribution is 6.31. The van der Waals surface area contributed by atoms with Crippen LogP contribution in [0.2, 0.25) is 5.02 Å². The number of amides is 2. The number of para-hydroxylation sites is 1. The first-order valence-electron chi connectivity index (χ1n) is 11.7. The van der Waals surface area contributed by atoms with E-state index in [1.165, 1.54) is 7.11 Å². The molecule has 0 aliphatic carbocycles. The van der Waals surface area contributed by atoms with Gasteiger partial charge in [-0.05, 0) is 42.7 Å². The predicted molar refractivity (Wildman–Crippen MR) is 137 cm³/mol. The molecule has 3 aromatic rings. The van der Waals surface area contributed by atoms with Gasteiger partial charge in [0, 0.05) is 29.6 Å². The Labute approximate surface area is 210 Å². The Kier molecular flexibility index (Phi) is 8.27. The maximum absolute atomic E-state index is 13.0. The minimum Gasteiger partial charge on any atom is -0.496 e. The number of piperidine rings is 1. The summed E-state index contributed by atoms with van der Waals surface area (Å²) in [7, 11) is 1.53. The monoisotopic (exact) mass is 492 g/mol. The van der Waals surface area contributed by atoms with Crippen LogP contribution in [0.1, 0.15) is 23.2 Å². The molecule has 0 saturated carbocycles. The molecule has 7 heteroatoms. The van der Waals surface area contributed by atoms with Crippen molar-refractivity contribution in [1.82, 2.24) is 10.2 Å². The zero-order chi connectivity index (χ0) is 24.6. The molecule has 0 radical (unpaired) electrons. The van der Waals surface area contributed by atoms with E-state index in [9.17, 15) is 9.59 Å². The van der Waals surface area contributed by atoms with Crippen molar-refractivity contribution in [1.29, 1.82) is 0 Å². The number of carbonyl (C=O) groups excluding carboxylic acids is 2. The molecule has 1 saturated heterocycles. The molecule has 1 aliphatic rings. The molecule has 0 spiro atoms. The Morgan fingerprint density at radius 3 is 2.43 bits per heavy atom. The number of rotatable bonds is 8. The van der Waals surface area contributed by atoms with Crippen LogP contribution < -0.4 is 14.8 Å². The van der Waals surface area contributed by atoms with Gasteiger partial charge in [0.05, 0.1) is 19.2 Å². The van der Waals surface area contributed by atoms with E-state index in [2.05, 4.69) is 5.32 Å². The van der Waals surface area contributed by atoms with Gasteiger partial charge in [0.25, 0.3) is 5.91 Å². The Morgan fingerprint density at radius 1 is 0.971 bits per heavy atom. The van der Waals surface area contributed by atoms with Crippen molar-refractivity contribution >= 4 is 23.4 Å². The van der Waals surface area contributed by atoms with Crippen LogP contribution in [0.4, 0.5) is 0 Å². The summed E-state index contributed by atoms with van der Waals surface area (Å²) in [5.41, 5.74) is 2.55. The summed E-state index contributed by atoms with van der Waals surface area (Å²) in [4.78, 5) is 27.4. The van der Waals surface area contributed by atoms with Crippen molar-refractivity contribution in [3.05, 3.63) is 83.4 Å². The molecule has 0 aromatic heterocycles. The predicted octanol–water partition coefficient (Wildman–Crippen LogP) is 5.06. The fourth-order valence-corrected chi connectivity index (χ4v) is 4.46. The second-order valence-electron chi connectivity index (χ2n) is 8.41. The lowest BCUT2D eigenvalue weighted by Gasteiger charge is -2.31. The lowest BCUT2D eigenvalue weighted by Crippen LogP contribution is -2.43. The molecule has 1 aliphatic heterocycles. The summed E-state index contributed by atoms with van der Waals surface area (Å²) in [6.45, 7) is 1.81. The standard InChI is InChI=1S/C28H29ClN2O4/c1-34-25-12-11-22(29)19-24(25)28(33)31-16-13-21(14-17-31)27(32)30-15-18-35-26-10-6-5-9-23(26)20-7-3-2-4-8-20/h2-12,19,21H,13-18H2,1H3,(H,30,32). The Bertz CT molecular complexity index is 1160. The summed E-state index contributed by atoms with van der Waals surface area (Å²) >= 11 is 6.07. The summed E-state index contributed by atoms with van der Waals surface area (Å²) < 4.78 is 11.3. The van der Waals surface area contributed by atoms with Crippen molar-refractivity contribution in [3.8, 4) is 22.6 Å². The first-order valence-corrected chi connectivity index (χ1v) is 12.1. The van der Waals surface area contributed by atoms with Crippen LogP contribution in [-0.4, -0.2) is 50.1 Å². The molecule has 35 heavy (non-hydrogen) atoms. The second kappa shape index (κ2) is 11.8. The molecular formula is C28H29ClN2O4. The van der Waals surface area contributed by atoms with Crippen LogP contribution in [0.15, 0.2) is 72.8 Å². The van der Waals surface area contributed by atoms with Crippen molar-refractivity contribution in [2.24, 2.45) is 5.92 Å². The fourth-order valence-electron chi connectivity index (χ4n) is 4.29. The number of hydrogen-bond acceptors (Lipinski definition) is 4. The number of likely N-dealkylation sites (tertiary alicyclic amines) is 1. The first kappa shape index (κ1) is 24.6. The van der Waals surface area contributed by atoms with Crippen LogP contribution >= 0.6 is 11.6 Å². The van der Waals surface area contributed by atoms with Gasteiger partial charge in [-0.1, -0.05) is 60.1 Å². The molecule has 4 rings (SSSR count). The minimum atomic E-state index is -0.131. The van der Waals surface area contributed by atoms with Gasteiger partial charge >= 0.3 is 0 Å². The Balaban J connectivity index is 1.24. The molecule has 1 heterocycles. The largest absolute Gasteiger partial charge is 0.496 e. The summed E-state index contributed by atoms with van der Waals surface area (Å²) in [6, 6.07) is 23.0. The fraction of sp³-hybridized carbons (Fsp3) is 0.286. The number of nitrogens with zero attached hydrogens (tertiary/aromatic N) is 1. The van der Waals surface area contributed by atoms with Crippen molar-refractivity contribution in [2.45, 2.75) is 12.8 Å². The highest BCUT2D eigenvalue weighted by atomic mass is 35.5. The first-order chi connectivity index (χ1) is 17.1. The molecule has 0 atom stereocenters. The normalized spacial score (nSPS) is 13.8. The average Bonchev–Trinajstić information content (AvgIpc) is 2.91. The lowest BCUT2D eigenvalue weighted by molar-refractivity contribution is -0.126. The van der Waals surface area contributed by atoms with E-state index in [0.717, 1.165) is 16.9 Å². The molecule has 0 unspecified atom stereocenters. The molecule has 0 bridgehead atoms. The smallest absolute Gasteiger partial charge is 0.257 e. The number of nitrogens with one attached hydrogen (secondary N) is 1. The maximum atomic E-state index is 13.0. The molecule has 6 nitrogen and oxygen atoms in total. The van der Waals surface area contributed by atoms with E-state index in [4.69, 9.17) is 21.1 Å². The molecule has 1 fully saturated rings.